The van der Waals surface area contributed by atoms with Gasteiger partial charge in [0.15, 0.2) is 0 Å². The summed E-state index contributed by atoms with van der Waals surface area (Å²) in [4.78, 5) is 16.1. The molecular formula is C20H20N4. The molecule has 0 amide bonds. The summed E-state index contributed by atoms with van der Waals surface area (Å²) in [7, 11) is 3.94. The van der Waals surface area contributed by atoms with Gasteiger partial charge in [0.1, 0.15) is 5.36 Å². The molecule has 2 aromatic rings. The van der Waals surface area contributed by atoms with Gasteiger partial charge in [-0.3, -0.25) is 4.99 Å². The van der Waals surface area contributed by atoms with E-state index in [2.05, 4.69) is 42.8 Å². The minimum Gasteiger partial charge on any atom is -0.347 e. The minimum absolute atomic E-state index is 0.210. The van der Waals surface area contributed by atoms with Crippen LogP contribution < -0.4 is 10.6 Å². The highest BCUT2D eigenvalue weighted by atomic mass is 15.3. The first kappa shape index (κ1) is 14.8. The Morgan fingerprint density at radius 1 is 1.12 bits per heavy atom. The van der Waals surface area contributed by atoms with Crippen LogP contribution in [0.15, 0.2) is 51.5 Å². The normalized spacial score (nSPS) is 18.9. The van der Waals surface area contributed by atoms with E-state index in [0.29, 0.717) is 0 Å². The Balaban J connectivity index is 2.10. The Morgan fingerprint density at radius 2 is 1.88 bits per heavy atom. The van der Waals surface area contributed by atoms with Crippen molar-refractivity contribution in [1.82, 2.24) is 4.90 Å². The highest BCUT2D eigenvalue weighted by Crippen LogP contribution is 2.31. The standard InChI is InChI=1S/C20H20N4/c1-12-14-8-5-6-9-16(14)18-19(23-20(22-18)24(3)4)17(12)15-10-7-11-21-13(15)2/h5-9,11,15H,1,10H2,2-4H3. The zero-order valence-electron chi connectivity index (χ0n) is 14.2. The Morgan fingerprint density at radius 3 is 2.58 bits per heavy atom. The molecule has 4 heteroatoms. The maximum atomic E-state index is 4.83. The molecular weight excluding hydrogens is 296 g/mol. The van der Waals surface area contributed by atoms with Crippen molar-refractivity contribution in [2.45, 2.75) is 19.3 Å². The molecule has 0 radical (unpaired) electrons. The Bertz CT molecular complexity index is 1040. The number of allylic oxidation sites excluding steroid dienone is 1. The zero-order chi connectivity index (χ0) is 16.8. The van der Waals surface area contributed by atoms with Crippen molar-refractivity contribution in [3.8, 4) is 0 Å². The van der Waals surface area contributed by atoms with Crippen molar-refractivity contribution in [3.63, 3.8) is 0 Å². The number of benzene rings is 2. The number of fused-ring (bicyclic) bond motifs is 3. The molecule has 2 aliphatic heterocycles. The summed E-state index contributed by atoms with van der Waals surface area (Å²) in [6, 6.07) is 8.32. The summed E-state index contributed by atoms with van der Waals surface area (Å²) in [6.07, 6.45) is 4.92. The van der Waals surface area contributed by atoms with Crippen molar-refractivity contribution in [2.75, 3.05) is 14.1 Å². The number of guanidine groups is 1. The fourth-order valence-corrected chi connectivity index (χ4v) is 3.48. The van der Waals surface area contributed by atoms with Crippen LogP contribution in [0.25, 0.3) is 17.4 Å². The van der Waals surface area contributed by atoms with E-state index in [-0.39, 0.29) is 5.92 Å². The van der Waals surface area contributed by atoms with Crippen molar-refractivity contribution in [2.24, 2.45) is 15.0 Å². The van der Waals surface area contributed by atoms with E-state index in [9.17, 15) is 0 Å². The summed E-state index contributed by atoms with van der Waals surface area (Å²) in [5, 5.41) is 4.26. The second-order valence-electron chi connectivity index (χ2n) is 6.50. The van der Waals surface area contributed by atoms with Gasteiger partial charge in [-0.25, -0.2) is 9.98 Å². The fourth-order valence-electron chi connectivity index (χ4n) is 3.48. The van der Waals surface area contributed by atoms with E-state index in [0.717, 1.165) is 50.7 Å². The summed E-state index contributed by atoms with van der Waals surface area (Å²) in [5.74, 6) is 0.948. The number of nitrogens with zero attached hydrogens (tertiary/aromatic N) is 4. The van der Waals surface area contributed by atoms with Crippen LogP contribution in [0.4, 0.5) is 5.69 Å². The summed E-state index contributed by atoms with van der Waals surface area (Å²) in [5.41, 5.74) is 3.22. The van der Waals surface area contributed by atoms with E-state index in [1.165, 1.54) is 0 Å². The molecule has 0 aromatic heterocycles. The van der Waals surface area contributed by atoms with Gasteiger partial charge < -0.3 is 4.90 Å². The third kappa shape index (κ3) is 2.10. The monoisotopic (exact) mass is 316 g/mol. The van der Waals surface area contributed by atoms with Crippen LogP contribution in [0.3, 0.4) is 0 Å². The first-order chi connectivity index (χ1) is 11.6. The lowest BCUT2D eigenvalue weighted by Crippen LogP contribution is -2.24. The average Bonchev–Trinajstić information content (AvgIpc) is 3.02. The molecule has 4 rings (SSSR count). The number of hydrogen-bond donors (Lipinski definition) is 0. The van der Waals surface area contributed by atoms with E-state index in [1.807, 2.05) is 31.3 Å². The Hall–Kier alpha value is -2.75. The average molecular weight is 316 g/mol. The van der Waals surface area contributed by atoms with Gasteiger partial charge in [-0.15, -0.1) is 0 Å². The molecule has 2 aromatic carbocycles. The molecule has 0 saturated heterocycles. The van der Waals surface area contributed by atoms with Crippen LogP contribution >= 0.6 is 0 Å². The van der Waals surface area contributed by atoms with E-state index in [1.54, 1.807) is 0 Å². The van der Waals surface area contributed by atoms with Crippen molar-refractivity contribution >= 4 is 34.7 Å². The molecule has 2 aliphatic rings. The molecule has 0 N–H and O–H groups in total. The first-order valence-electron chi connectivity index (χ1n) is 8.15. The summed E-state index contributed by atoms with van der Waals surface area (Å²) < 4.78 is 0. The van der Waals surface area contributed by atoms with Crippen LogP contribution in [0.1, 0.15) is 24.8 Å². The lowest BCUT2D eigenvalue weighted by Gasteiger charge is -2.21. The third-order valence-corrected chi connectivity index (χ3v) is 4.74. The summed E-state index contributed by atoms with van der Waals surface area (Å²) in [6.45, 7) is 6.48. The first-order valence-corrected chi connectivity index (χ1v) is 8.15. The van der Waals surface area contributed by atoms with Gasteiger partial charge in [-0.2, -0.15) is 0 Å². The lowest BCUT2D eigenvalue weighted by molar-refractivity contribution is 0.616. The van der Waals surface area contributed by atoms with E-state index >= 15 is 0 Å². The highest BCUT2D eigenvalue weighted by Gasteiger charge is 2.25. The molecule has 1 atom stereocenters. The van der Waals surface area contributed by atoms with Gasteiger partial charge in [0.05, 0.1) is 5.69 Å². The predicted octanol–water partition coefficient (Wildman–Crippen LogP) is 2.89. The molecule has 0 spiro atoms. The Kier molecular flexibility index (Phi) is 3.34. The molecule has 0 bridgehead atoms. The molecule has 0 saturated carbocycles. The van der Waals surface area contributed by atoms with Gasteiger partial charge in [0, 0.05) is 37.3 Å². The largest absolute Gasteiger partial charge is 0.347 e. The molecule has 2 heterocycles. The van der Waals surface area contributed by atoms with Gasteiger partial charge >= 0.3 is 0 Å². The van der Waals surface area contributed by atoms with Crippen LogP contribution in [-0.2, 0) is 0 Å². The molecule has 120 valence electrons. The zero-order valence-corrected chi connectivity index (χ0v) is 14.2. The molecule has 0 fully saturated rings. The number of hydrogen-bond acceptors (Lipinski definition) is 4. The van der Waals surface area contributed by atoms with Gasteiger partial charge in [-0.05, 0) is 29.5 Å². The molecule has 24 heavy (non-hydrogen) atoms. The van der Waals surface area contributed by atoms with E-state index < -0.39 is 0 Å². The Labute approximate surface area is 141 Å². The smallest absolute Gasteiger partial charge is 0.226 e. The topological polar surface area (TPSA) is 40.3 Å². The van der Waals surface area contributed by atoms with Crippen molar-refractivity contribution in [1.29, 1.82) is 0 Å². The quantitative estimate of drug-likeness (QED) is 0.797. The minimum atomic E-state index is 0.210. The fraction of sp³-hybridized carbons (Fsp3) is 0.250. The summed E-state index contributed by atoms with van der Waals surface area (Å²) >= 11 is 0. The SMILES string of the molecule is C=c1c(C2CC=CN=C2C)c2c(c3ccccc13)=NC(N(C)C)=N2. The van der Waals surface area contributed by atoms with Gasteiger partial charge in [0.25, 0.3) is 0 Å². The number of rotatable bonds is 1. The molecule has 0 aliphatic carbocycles. The van der Waals surface area contributed by atoms with Gasteiger partial charge in [0.2, 0.25) is 5.96 Å². The lowest BCUT2D eigenvalue weighted by atomic mass is 9.86. The van der Waals surface area contributed by atoms with Crippen LogP contribution in [-0.4, -0.2) is 30.7 Å². The maximum absolute atomic E-state index is 4.83. The third-order valence-electron chi connectivity index (χ3n) is 4.74. The van der Waals surface area contributed by atoms with Crippen LogP contribution in [0, 0.1) is 0 Å². The molecule has 4 nitrogen and oxygen atoms in total. The predicted molar refractivity (Wildman–Crippen MR) is 101 cm³/mol. The maximum Gasteiger partial charge on any atom is 0.226 e. The van der Waals surface area contributed by atoms with Crippen LogP contribution in [0.2, 0.25) is 0 Å². The van der Waals surface area contributed by atoms with Gasteiger partial charge in [-0.1, -0.05) is 36.9 Å². The number of aliphatic imine (C=N–C) groups is 2. The second kappa shape index (κ2) is 5.41. The van der Waals surface area contributed by atoms with Crippen LogP contribution in [0.5, 0.6) is 0 Å². The second-order valence-corrected chi connectivity index (χ2v) is 6.50. The van der Waals surface area contributed by atoms with Crippen molar-refractivity contribution in [3.05, 3.63) is 52.7 Å². The highest BCUT2D eigenvalue weighted by molar-refractivity contribution is 5.98. The van der Waals surface area contributed by atoms with E-state index in [4.69, 9.17) is 9.98 Å². The van der Waals surface area contributed by atoms with Crippen molar-refractivity contribution < 1.29 is 0 Å². The molecule has 1 unspecified atom stereocenters.